The van der Waals surface area contributed by atoms with Crippen LogP contribution in [-0.4, -0.2) is 18.9 Å². The molecule has 16 heavy (non-hydrogen) atoms. The van der Waals surface area contributed by atoms with Gasteiger partial charge < -0.3 is 4.74 Å². The van der Waals surface area contributed by atoms with Crippen LogP contribution in [0.15, 0.2) is 24.3 Å². The molecule has 0 saturated heterocycles. The molecule has 1 aliphatic carbocycles. The van der Waals surface area contributed by atoms with Gasteiger partial charge in [0.25, 0.3) is 0 Å². The molecule has 3 heteroatoms. The Balaban J connectivity index is 2.70. The zero-order valence-electron chi connectivity index (χ0n) is 10.0. The van der Waals surface area contributed by atoms with E-state index >= 15 is 0 Å². The van der Waals surface area contributed by atoms with Gasteiger partial charge in [-0.1, -0.05) is 26.0 Å². The highest BCUT2D eigenvalue weighted by Gasteiger charge is 2.27. The summed E-state index contributed by atoms with van der Waals surface area (Å²) in [5, 5.41) is 0. The molecular weight excluding hydrogens is 204 g/mol. The average molecular weight is 222 g/mol. The van der Waals surface area contributed by atoms with Gasteiger partial charge in [0.2, 0.25) is 0 Å². The third-order valence-corrected chi connectivity index (χ3v) is 3.02. The van der Waals surface area contributed by atoms with Gasteiger partial charge in [-0.25, -0.2) is 4.79 Å². The van der Waals surface area contributed by atoms with Crippen molar-refractivity contribution in [2.24, 2.45) is 11.3 Å². The van der Waals surface area contributed by atoms with Crippen molar-refractivity contribution in [3.05, 3.63) is 24.3 Å². The lowest BCUT2D eigenvalue weighted by Crippen LogP contribution is -2.23. The Kier molecular flexibility index (Phi) is 4.05. The van der Waals surface area contributed by atoms with Crippen molar-refractivity contribution < 1.29 is 14.3 Å². The summed E-state index contributed by atoms with van der Waals surface area (Å²) in [6, 6.07) is 0. The van der Waals surface area contributed by atoms with Crippen LogP contribution in [0.25, 0.3) is 0 Å². The maximum absolute atomic E-state index is 11.1. The standard InChI is InChI=1S/C13H18O3/c1-13(2,9-8-12(15)16-3)10-4-6-11(14)7-5-10/h4,6,8-10H,5,7H2,1-3H3/b9-8+. The van der Waals surface area contributed by atoms with E-state index in [4.69, 9.17) is 0 Å². The second kappa shape index (κ2) is 5.10. The van der Waals surface area contributed by atoms with Gasteiger partial charge in [-0.15, -0.1) is 0 Å². The number of allylic oxidation sites excluding steroid dienone is 3. The number of ketones is 1. The second-order valence-electron chi connectivity index (χ2n) is 4.65. The van der Waals surface area contributed by atoms with Gasteiger partial charge in [0.1, 0.15) is 0 Å². The predicted molar refractivity (Wildman–Crippen MR) is 61.8 cm³/mol. The lowest BCUT2D eigenvalue weighted by atomic mass is 9.74. The summed E-state index contributed by atoms with van der Waals surface area (Å²) < 4.78 is 4.55. The molecular formula is C13H18O3. The SMILES string of the molecule is COC(=O)/C=C/C(C)(C)C1C=CC(=O)CC1. The number of hydrogen-bond donors (Lipinski definition) is 0. The Hall–Kier alpha value is -1.38. The van der Waals surface area contributed by atoms with Crippen LogP contribution in [0.3, 0.4) is 0 Å². The van der Waals surface area contributed by atoms with Crippen LogP contribution in [-0.2, 0) is 14.3 Å². The minimum atomic E-state index is -0.344. The highest BCUT2D eigenvalue weighted by atomic mass is 16.5. The molecule has 0 aromatic heterocycles. The van der Waals surface area contributed by atoms with Crippen LogP contribution in [0.2, 0.25) is 0 Å². The van der Waals surface area contributed by atoms with E-state index in [0.717, 1.165) is 6.42 Å². The van der Waals surface area contributed by atoms with Crippen molar-refractivity contribution in [2.75, 3.05) is 7.11 Å². The topological polar surface area (TPSA) is 43.4 Å². The van der Waals surface area contributed by atoms with E-state index in [1.165, 1.54) is 13.2 Å². The molecule has 0 aliphatic heterocycles. The molecule has 0 radical (unpaired) electrons. The zero-order chi connectivity index (χ0) is 12.2. The Morgan fingerprint density at radius 1 is 1.56 bits per heavy atom. The van der Waals surface area contributed by atoms with Gasteiger partial charge in [0.15, 0.2) is 5.78 Å². The average Bonchev–Trinajstić information content (AvgIpc) is 2.26. The van der Waals surface area contributed by atoms with Crippen LogP contribution >= 0.6 is 0 Å². The molecule has 1 unspecified atom stereocenters. The normalized spacial score (nSPS) is 21.4. The van der Waals surface area contributed by atoms with Crippen molar-refractivity contribution in [3.63, 3.8) is 0 Å². The number of rotatable bonds is 3. The molecule has 0 bridgehead atoms. The first-order chi connectivity index (χ1) is 7.45. The largest absolute Gasteiger partial charge is 0.466 e. The molecule has 1 atom stereocenters. The number of ether oxygens (including phenoxy) is 1. The summed E-state index contributed by atoms with van der Waals surface area (Å²) in [5.74, 6) is 0.138. The first-order valence-corrected chi connectivity index (χ1v) is 5.44. The Morgan fingerprint density at radius 3 is 2.75 bits per heavy atom. The molecule has 1 rings (SSSR count). The molecule has 3 nitrogen and oxygen atoms in total. The van der Waals surface area contributed by atoms with Crippen molar-refractivity contribution in [1.29, 1.82) is 0 Å². The van der Waals surface area contributed by atoms with Crippen LogP contribution in [0, 0.1) is 11.3 Å². The smallest absolute Gasteiger partial charge is 0.330 e. The quantitative estimate of drug-likeness (QED) is 0.543. The van der Waals surface area contributed by atoms with E-state index in [9.17, 15) is 9.59 Å². The van der Waals surface area contributed by atoms with Crippen LogP contribution in [0.1, 0.15) is 26.7 Å². The molecule has 0 spiro atoms. The van der Waals surface area contributed by atoms with E-state index in [-0.39, 0.29) is 17.2 Å². The van der Waals surface area contributed by atoms with Gasteiger partial charge in [-0.05, 0) is 23.8 Å². The fourth-order valence-electron chi connectivity index (χ4n) is 1.80. The van der Waals surface area contributed by atoms with E-state index in [1.807, 2.05) is 12.2 Å². The van der Waals surface area contributed by atoms with E-state index in [0.29, 0.717) is 12.3 Å². The Bertz CT molecular complexity index is 337. The lowest BCUT2D eigenvalue weighted by molar-refractivity contribution is -0.134. The van der Waals surface area contributed by atoms with Crippen LogP contribution in [0.5, 0.6) is 0 Å². The van der Waals surface area contributed by atoms with E-state index in [1.54, 1.807) is 6.08 Å². The number of methoxy groups -OCH3 is 1. The molecule has 0 amide bonds. The summed E-state index contributed by atoms with van der Waals surface area (Å²) >= 11 is 0. The van der Waals surface area contributed by atoms with Gasteiger partial charge >= 0.3 is 5.97 Å². The van der Waals surface area contributed by atoms with Crippen molar-refractivity contribution >= 4 is 11.8 Å². The van der Waals surface area contributed by atoms with Gasteiger partial charge in [0.05, 0.1) is 7.11 Å². The van der Waals surface area contributed by atoms with Crippen LogP contribution < -0.4 is 0 Å². The number of hydrogen-bond acceptors (Lipinski definition) is 3. The molecule has 0 heterocycles. The molecule has 88 valence electrons. The lowest BCUT2D eigenvalue weighted by Gasteiger charge is -2.30. The minimum absolute atomic E-state index is 0.134. The van der Waals surface area contributed by atoms with Crippen molar-refractivity contribution in [3.8, 4) is 0 Å². The highest BCUT2D eigenvalue weighted by Crippen LogP contribution is 2.35. The van der Waals surface area contributed by atoms with E-state index in [2.05, 4.69) is 18.6 Å². The van der Waals surface area contributed by atoms with Crippen molar-refractivity contribution in [1.82, 2.24) is 0 Å². The third-order valence-electron chi connectivity index (χ3n) is 3.02. The zero-order valence-corrected chi connectivity index (χ0v) is 10.0. The Labute approximate surface area is 96.2 Å². The Morgan fingerprint density at radius 2 is 2.25 bits per heavy atom. The van der Waals surface area contributed by atoms with Gasteiger partial charge in [-0.3, -0.25) is 4.79 Å². The minimum Gasteiger partial charge on any atom is -0.466 e. The third kappa shape index (κ3) is 3.33. The molecule has 0 saturated carbocycles. The first kappa shape index (κ1) is 12.7. The predicted octanol–water partition coefficient (Wildman–Crippen LogP) is 2.28. The van der Waals surface area contributed by atoms with Crippen molar-refractivity contribution in [2.45, 2.75) is 26.7 Å². The monoisotopic (exact) mass is 222 g/mol. The summed E-state index contributed by atoms with van der Waals surface area (Å²) in [4.78, 5) is 22.1. The number of carbonyl (C=O) groups excluding carboxylic acids is 2. The van der Waals surface area contributed by atoms with Crippen LogP contribution in [0.4, 0.5) is 0 Å². The molecule has 0 aromatic carbocycles. The summed E-state index contributed by atoms with van der Waals surface area (Å²) in [6.07, 6.45) is 8.31. The second-order valence-corrected chi connectivity index (χ2v) is 4.65. The summed E-state index contributed by atoms with van der Waals surface area (Å²) in [7, 11) is 1.36. The fourth-order valence-corrected chi connectivity index (χ4v) is 1.80. The van der Waals surface area contributed by atoms with Gasteiger partial charge in [0, 0.05) is 12.5 Å². The number of esters is 1. The highest BCUT2D eigenvalue weighted by molar-refractivity contribution is 5.90. The van der Waals surface area contributed by atoms with E-state index < -0.39 is 0 Å². The maximum atomic E-state index is 11.1. The van der Waals surface area contributed by atoms with Gasteiger partial charge in [-0.2, -0.15) is 0 Å². The summed E-state index contributed by atoms with van der Waals surface area (Å²) in [6.45, 7) is 4.11. The maximum Gasteiger partial charge on any atom is 0.330 e. The first-order valence-electron chi connectivity index (χ1n) is 5.44. The molecule has 1 aliphatic rings. The number of carbonyl (C=O) groups is 2. The molecule has 0 fully saturated rings. The fraction of sp³-hybridized carbons (Fsp3) is 0.538. The molecule has 0 N–H and O–H groups in total. The summed E-state index contributed by atoms with van der Waals surface area (Å²) in [5.41, 5.74) is -0.134. The molecule has 0 aromatic rings.